The summed E-state index contributed by atoms with van der Waals surface area (Å²) in [5, 5.41) is 9.94. The first kappa shape index (κ1) is 37.8. The van der Waals surface area contributed by atoms with E-state index in [0.717, 1.165) is 12.3 Å². The number of benzene rings is 7. The van der Waals surface area contributed by atoms with Gasteiger partial charge in [-0.05, 0) is 102 Å². The summed E-state index contributed by atoms with van der Waals surface area (Å²) in [4.78, 5) is 2.88. The Kier molecular flexibility index (Phi) is 11.5. The third-order valence-electron chi connectivity index (χ3n) is 10.7. The van der Waals surface area contributed by atoms with Crippen molar-refractivity contribution in [1.29, 1.82) is 0 Å². The monoisotopic (exact) mass is 824 g/mol. The van der Waals surface area contributed by atoms with Crippen LogP contribution in [0.15, 0.2) is 237 Å². The maximum Gasteiger partial charge on any atom is 0.117 e. The second-order valence-electron chi connectivity index (χ2n) is 14.1. The van der Waals surface area contributed by atoms with Crippen molar-refractivity contribution < 1.29 is 0 Å². The second-order valence-corrected chi connectivity index (χ2v) is 26.2. The van der Waals surface area contributed by atoms with E-state index in [-0.39, 0.29) is 0 Å². The van der Waals surface area contributed by atoms with E-state index >= 15 is 0 Å². The van der Waals surface area contributed by atoms with E-state index in [1.165, 1.54) is 56.1 Å². The molecule has 0 nitrogen and oxygen atoms in total. The molecule has 0 aliphatic carbocycles. The number of thiophene rings is 2. The third kappa shape index (κ3) is 7.67. The predicted octanol–water partition coefficient (Wildman–Crippen LogP) is 10.6. The van der Waals surface area contributed by atoms with E-state index in [0.29, 0.717) is 0 Å². The van der Waals surface area contributed by atoms with Gasteiger partial charge in [0.25, 0.3) is 0 Å². The molecule has 0 spiro atoms. The highest BCUT2D eigenvalue weighted by molar-refractivity contribution is 7.96. The molecule has 0 aliphatic heterocycles. The summed E-state index contributed by atoms with van der Waals surface area (Å²) < 4.78 is 2.92. The zero-order chi connectivity index (χ0) is 38.3. The van der Waals surface area contributed by atoms with Crippen molar-refractivity contribution >= 4 is 91.5 Å². The summed E-state index contributed by atoms with van der Waals surface area (Å²) in [6, 6.07) is 88.7. The Balaban J connectivity index is 1.14. The van der Waals surface area contributed by atoms with Crippen LogP contribution in [0.5, 0.6) is 0 Å². The lowest BCUT2D eigenvalue weighted by atomic mass is 10.4. The van der Waals surface area contributed by atoms with Crippen molar-refractivity contribution in [2.24, 2.45) is 0 Å². The first-order valence-corrected chi connectivity index (χ1v) is 26.3. The van der Waals surface area contributed by atoms with Gasteiger partial charge in [0, 0.05) is 26.9 Å². The van der Waals surface area contributed by atoms with Crippen molar-refractivity contribution in [3.05, 3.63) is 246 Å². The summed E-state index contributed by atoms with van der Waals surface area (Å²) in [6.07, 6.45) is 1.98. The molecule has 276 valence electrons. The fourth-order valence-electron chi connectivity index (χ4n) is 8.09. The number of hydrogen-bond donors (Lipinski definition) is 0. The van der Waals surface area contributed by atoms with Crippen molar-refractivity contribution in [3.8, 4) is 0 Å². The van der Waals surface area contributed by atoms with Crippen LogP contribution in [0.2, 0.25) is 0 Å². The van der Waals surface area contributed by atoms with E-state index in [2.05, 4.69) is 237 Å². The van der Waals surface area contributed by atoms with Crippen molar-refractivity contribution in [2.45, 2.75) is 12.3 Å². The van der Waals surface area contributed by atoms with E-state index in [1.54, 1.807) is 0 Å². The molecular formula is C52H43P3S2+2. The highest BCUT2D eigenvalue weighted by Gasteiger charge is 2.47. The van der Waals surface area contributed by atoms with Gasteiger partial charge < -0.3 is 0 Å². The largest absolute Gasteiger partial charge is 0.136 e. The smallest absolute Gasteiger partial charge is 0.117 e. The van der Waals surface area contributed by atoms with Gasteiger partial charge in [0.05, 0.1) is 0 Å². The number of hydrogen-bond acceptors (Lipinski definition) is 2. The fourth-order valence-corrected chi connectivity index (χ4v) is 23.4. The summed E-state index contributed by atoms with van der Waals surface area (Å²) in [6.45, 7) is 0. The molecule has 0 amide bonds. The van der Waals surface area contributed by atoms with Gasteiger partial charge in [-0.1, -0.05) is 140 Å². The molecule has 0 aliphatic rings. The lowest BCUT2D eigenvalue weighted by molar-refractivity contribution is 1.50. The first-order valence-electron chi connectivity index (χ1n) is 19.4. The van der Waals surface area contributed by atoms with Crippen LogP contribution < -0.4 is 46.4 Å². The van der Waals surface area contributed by atoms with Crippen molar-refractivity contribution in [3.63, 3.8) is 0 Å². The van der Waals surface area contributed by atoms with E-state index < -0.39 is 22.4 Å². The van der Waals surface area contributed by atoms with Gasteiger partial charge >= 0.3 is 0 Å². The normalized spacial score (nSPS) is 11.8. The van der Waals surface area contributed by atoms with E-state index in [4.69, 9.17) is 0 Å². The van der Waals surface area contributed by atoms with Crippen LogP contribution in [0.1, 0.15) is 9.75 Å². The molecule has 0 saturated carbocycles. The SMILES string of the molecule is c1ccc(P(c2ccc(C[P+](c3ccccc3)(c3ccccc3)c3ccccc3)s2)c2ccc(C[P+](c3ccccc3)(c3ccccc3)c3ccccc3)s2)cc1. The Morgan fingerprint density at radius 2 is 0.526 bits per heavy atom. The van der Waals surface area contributed by atoms with Crippen molar-refractivity contribution in [2.75, 3.05) is 0 Å². The predicted molar refractivity (Wildman–Crippen MR) is 259 cm³/mol. The van der Waals surface area contributed by atoms with Crippen LogP contribution in [-0.4, -0.2) is 0 Å². The van der Waals surface area contributed by atoms with Gasteiger partial charge in [-0.15, -0.1) is 22.7 Å². The zero-order valence-corrected chi connectivity index (χ0v) is 35.9. The summed E-state index contributed by atoms with van der Waals surface area (Å²) in [7, 11) is -4.79. The van der Waals surface area contributed by atoms with Gasteiger partial charge in [-0.3, -0.25) is 0 Å². The van der Waals surface area contributed by atoms with Crippen molar-refractivity contribution in [1.82, 2.24) is 0 Å². The molecule has 2 aromatic heterocycles. The Labute approximate surface area is 348 Å². The van der Waals surface area contributed by atoms with Crippen LogP contribution in [0.3, 0.4) is 0 Å². The highest BCUT2D eigenvalue weighted by Crippen LogP contribution is 2.60. The third-order valence-corrected chi connectivity index (χ3v) is 25.3. The molecule has 9 rings (SSSR count). The number of rotatable bonds is 13. The molecule has 9 aromatic rings. The molecule has 0 radical (unpaired) electrons. The van der Waals surface area contributed by atoms with Gasteiger partial charge in [0.1, 0.15) is 58.7 Å². The van der Waals surface area contributed by atoms with E-state index in [1.807, 2.05) is 22.7 Å². The second kappa shape index (κ2) is 17.4. The highest BCUT2D eigenvalue weighted by atomic mass is 32.1. The fraction of sp³-hybridized carbons (Fsp3) is 0.0385. The molecule has 0 saturated heterocycles. The zero-order valence-electron chi connectivity index (χ0n) is 31.6. The average molecular weight is 825 g/mol. The summed E-state index contributed by atoms with van der Waals surface area (Å²) >= 11 is 4.05. The van der Waals surface area contributed by atoms with Crippen LogP contribution in [0.25, 0.3) is 0 Å². The molecular weight excluding hydrogens is 782 g/mol. The lowest BCUT2D eigenvalue weighted by Gasteiger charge is -2.27. The van der Waals surface area contributed by atoms with Crippen LogP contribution >= 0.6 is 45.1 Å². The molecule has 7 aromatic carbocycles. The van der Waals surface area contributed by atoms with Gasteiger partial charge in [-0.25, -0.2) is 0 Å². The Morgan fingerprint density at radius 1 is 0.281 bits per heavy atom. The average Bonchev–Trinajstić information content (AvgIpc) is 3.96. The van der Waals surface area contributed by atoms with Gasteiger partial charge in [0.15, 0.2) is 0 Å². The molecule has 0 fully saturated rings. The minimum Gasteiger partial charge on any atom is -0.136 e. The van der Waals surface area contributed by atoms with E-state index in [9.17, 15) is 0 Å². The standard InChI is InChI=1S/C52H43P3S2/c1-8-22-42(23-9-1)53(51-38-36-49(56-51)40-54(43-24-10-2-11-25-43,44-26-12-3-13-27-44)45-28-14-4-15-29-45)52-39-37-50(57-52)41-55(46-30-16-5-17-31-46,47-32-18-6-19-33-47)48-34-20-7-21-35-48/h1-39H,40-41H2/q+2. The van der Waals surface area contributed by atoms with Crippen LogP contribution in [0, 0.1) is 0 Å². The molecule has 0 bridgehead atoms. The quantitative estimate of drug-likeness (QED) is 0.102. The van der Waals surface area contributed by atoms with Crippen LogP contribution in [-0.2, 0) is 12.3 Å². The van der Waals surface area contributed by atoms with Crippen LogP contribution in [0.4, 0.5) is 0 Å². The van der Waals surface area contributed by atoms with Gasteiger partial charge in [0.2, 0.25) is 0 Å². The molecule has 0 unspecified atom stereocenters. The van der Waals surface area contributed by atoms with Gasteiger partial charge in [-0.2, -0.15) is 0 Å². The molecule has 57 heavy (non-hydrogen) atoms. The topological polar surface area (TPSA) is 0 Å². The minimum absolute atomic E-state index is 0.751. The lowest BCUT2D eigenvalue weighted by Crippen LogP contribution is -2.32. The first-order chi connectivity index (χ1) is 28.2. The Bertz CT molecular complexity index is 2250. The molecule has 5 heteroatoms. The summed E-state index contributed by atoms with van der Waals surface area (Å²) in [5.41, 5.74) is 0. The maximum absolute atomic E-state index is 2.45. The molecule has 0 N–H and O–H groups in total. The Morgan fingerprint density at radius 3 is 0.789 bits per heavy atom. The summed E-state index contributed by atoms with van der Waals surface area (Å²) in [5.74, 6) is 0. The minimum atomic E-state index is -2.02. The molecule has 0 atom stereocenters. The Hall–Kier alpha value is -4.77. The molecule has 2 heterocycles. The maximum atomic E-state index is 2.45.